The van der Waals surface area contributed by atoms with Crippen LogP contribution in [0.3, 0.4) is 0 Å². The van der Waals surface area contributed by atoms with Crippen LogP contribution >= 0.6 is 11.3 Å². The van der Waals surface area contributed by atoms with Crippen molar-refractivity contribution < 1.29 is 0 Å². The van der Waals surface area contributed by atoms with Crippen molar-refractivity contribution in [3.8, 4) is 11.3 Å². The Morgan fingerprint density at radius 3 is 2.67 bits per heavy atom. The Morgan fingerprint density at radius 2 is 2.06 bits per heavy atom. The molecular weight excluding hydrogens is 242 g/mol. The lowest BCUT2D eigenvalue weighted by Gasteiger charge is -2.07. The summed E-state index contributed by atoms with van der Waals surface area (Å²) in [5, 5.41) is 5.43. The molecule has 18 heavy (non-hydrogen) atoms. The minimum absolute atomic E-state index is 0.880. The zero-order valence-electron chi connectivity index (χ0n) is 11.2. The Balaban J connectivity index is 2.39. The van der Waals surface area contributed by atoms with E-state index in [1.807, 2.05) is 6.07 Å². The van der Waals surface area contributed by atoms with Gasteiger partial charge in [-0.05, 0) is 26.3 Å². The van der Waals surface area contributed by atoms with Crippen molar-refractivity contribution in [2.24, 2.45) is 0 Å². The van der Waals surface area contributed by atoms with Crippen LogP contribution in [0.4, 0.5) is 5.82 Å². The molecule has 0 radical (unpaired) electrons. The molecule has 0 aliphatic heterocycles. The maximum Gasteiger partial charge on any atom is 0.131 e. The molecule has 0 spiro atoms. The Labute approximate surface area is 112 Å². The molecule has 2 rings (SSSR count). The predicted octanol–water partition coefficient (Wildman–Crippen LogP) is 3.90. The summed E-state index contributed by atoms with van der Waals surface area (Å²) >= 11 is 1.76. The zero-order valence-corrected chi connectivity index (χ0v) is 12.0. The van der Waals surface area contributed by atoms with E-state index in [0.29, 0.717) is 0 Å². The van der Waals surface area contributed by atoms with Crippen LogP contribution in [-0.4, -0.2) is 16.5 Å². The highest BCUT2D eigenvalue weighted by Crippen LogP contribution is 2.25. The summed E-state index contributed by atoms with van der Waals surface area (Å²) in [4.78, 5) is 10.5. The van der Waals surface area contributed by atoms with Crippen LogP contribution < -0.4 is 5.32 Å². The number of aromatic nitrogens is 2. The Hall–Kier alpha value is -1.42. The first kappa shape index (κ1) is 13.0. The quantitative estimate of drug-likeness (QED) is 0.887. The van der Waals surface area contributed by atoms with E-state index in [2.05, 4.69) is 47.5 Å². The largest absolute Gasteiger partial charge is 0.370 e. The van der Waals surface area contributed by atoms with Crippen LogP contribution in [0.1, 0.15) is 31.0 Å². The maximum atomic E-state index is 4.64. The van der Waals surface area contributed by atoms with E-state index in [0.717, 1.165) is 36.7 Å². The zero-order chi connectivity index (χ0) is 13.0. The lowest BCUT2D eigenvalue weighted by Crippen LogP contribution is -2.04. The molecule has 96 valence electrons. The fourth-order valence-electron chi connectivity index (χ4n) is 1.83. The van der Waals surface area contributed by atoms with E-state index in [1.54, 1.807) is 11.3 Å². The van der Waals surface area contributed by atoms with E-state index >= 15 is 0 Å². The fourth-order valence-corrected chi connectivity index (χ4v) is 2.53. The second-order valence-corrected chi connectivity index (χ2v) is 5.40. The molecule has 4 heteroatoms. The van der Waals surface area contributed by atoms with Crippen molar-refractivity contribution in [3.05, 3.63) is 28.2 Å². The average Bonchev–Trinajstić information content (AvgIpc) is 2.76. The van der Waals surface area contributed by atoms with Gasteiger partial charge >= 0.3 is 0 Å². The number of hydrogen-bond donors (Lipinski definition) is 1. The van der Waals surface area contributed by atoms with Crippen molar-refractivity contribution in [1.82, 2.24) is 9.97 Å². The van der Waals surface area contributed by atoms with Gasteiger partial charge in [-0.1, -0.05) is 6.92 Å². The van der Waals surface area contributed by atoms with E-state index < -0.39 is 0 Å². The van der Waals surface area contributed by atoms with Crippen molar-refractivity contribution in [1.29, 1.82) is 0 Å². The van der Waals surface area contributed by atoms with Crippen LogP contribution in [0.15, 0.2) is 17.5 Å². The molecule has 0 unspecified atom stereocenters. The van der Waals surface area contributed by atoms with Crippen molar-refractivity contribution >= 4 is 17.2 Å². The van der Waals surface area contributed by atoms with E-state index in [4.69, 9.17) is 0 Å². The van der Waals surface area contributed by atoms with Crippen LogP contribution in [0.2, 0.25) is 0 Å². The fraction of sp³-hybridized carbons (Fsp3) is 0.429. The number of nitrogens with one attached hydrogen (secondary N) is 1. The molecule has 0 bridgehead atoms. The molecule has 0 fully saturated rings. The van der Waals surface area contributed by atoms with Gasteiger partial charge in [0.15, 0.2) is 0 Å². The highest BCUT2D eigenvalue weighted by Gasteiger charge is 2.07. The van der Waals surface area contributed by atoms with Crippen LogP contribution in [0, 0.1) is 6.92 Å². The Bertz CT molecular complexity index is 495. The minimum atomic E-state index is 0.880. The SMILES string of the molecule is CCCc1nc(NCC)cc(-c2csc(C)c2)n1. The van der Waals surface area contributed by atoms with Crippen LogP contribution in [0.25, 0.3) is 11.3 Å². The molecule has 3 nitrogen and oxygen atoms in total. The number of rotatable bonds is 5. The minimum Gasteiger partial charge on any atom is -0.370 e. The molecule has 0 atom stereocenters. The third kappa shape index (κ3) is 3.07. The third-order valence-electron chi connectivity index (χ3n) is 2.63. The molecule has 2 heterocycles. The summed E-state index contributed by atoms with van der Waals surface area (Å²) < 4.78 is 0. The number of anilines is 1. The molecule has 2 aromatic heterocycles. The standard InChI is InChI=1S/C14H19N3S/c1-4-6-13-16-12(8-14(17-13)15-5-2)11-7-10(3)18-9-11/h7-9H,4-6H2,1-3H3,(H,15,16,17). The summed E-state index contributed by atoms with van der Waals surface area (Å²) in [6.45, 7) is 7.23. The second-order valence-electron chi connectivity index (χ2n) is 4.28. The van der Waals surface area contributed by atoms with Crippen LogP contribution in [0.5, 0.6) is 0 Å². The second kappa shape index (κ2) is 5.96. The molecule has 1 N–H and O–H groups in total. The average molecular weight is 261 g/mol. The number of nitrogens with zero attached hydrogens (tertiary/aromatic N) is 2. The highest BCUT2D eigenvalue weighted by molar-refractivity contribution is 7.10. The Morgan fingerprint density at radius 1 is 1.22 bits per heavy atom. The third-order valence-corrected chi connectivity index (χ3v) is 3.49. The summed E-state index contributed by atoms with van der Waals surface area (Å²) in [5.41, 5.74) is 2.21. The topological polar surface area (TPSA) is 37.8 Å². The van der Waals surface area contributed by atoms with Gasteiger partial charge in [0, 0.05) is 34.9 Å². The predicted molar refractivity (Wildman–Crippen MR) is 78.2 cm³/mol. The first-order chi connectivity index (χ1) is 8.72. The summed E-state index contributed by atoms with van der Waals surface area (Å²) in [6, 6.07) is 4.21. The summed E-state index contributed by atoms with van der Waals surface area (Å²) in [5.74, 6) is 1.85. The van der Waals surface area contributed by atoms with Gasteiger partial charge in [0.25, 0.3) is 0 Å². The van der Waals surface area contributed by atoms with Gasteiger partial charge < -0.3 is 5.32 Å². The molecule has 2 aromatic rings. The molecule has 0 amide bonds. The van der Waals surface area contributed by atoms with Gasteiger partial charge in [-0.3, -0.25) is 0 Å². The monoisotopic (exact) mass is 261 g/mol. The molecule has 0 saturated heterocycles. The van der Waals surface area contributed by atoms with Gasteiger partial charge in [0.05, 0.1) is 5.69 Å². The lowest BCUT2D eigenvalue weighted by atomic mass is 10.2. The molecule has 0 aliphatic carbocycles. The van der Waals surface area contributed by atoms with Crippen molar-refractivity contribution in [2.45, 2.75) is 33.6 Å². The smallest absolute Gasteiger partial charge is 0.131 e. The molecule has 0 aliphatic rings. The first-order valence-electron chi connectivity index (χ1n) is 6.40. The number of thiophene rings is 1. The van der Waals surface area contributed by atoms with E-state index in [9.17, 15) is 0 Å². The van der Waals surface area contributed by atoms with Gasteiger partial charge in [0.2, 0.25) is 0 Å². The van der Waals surface area contributed by atoms with Gasteiger partial charge in [-0.25, -0.2) is 9.97 Å². The normalized spacial score (nSPS) is 10.6. The van der Waals surface area contributed by atoms with E-state index in [1.165, 1.54) is 10.4 Å². The molecule has 0 aromatic carbocycles. The summed E-state index contributed by atoms with van der Waals surface area (Å²) in [6.07, 6.45) is 1.99. The van der Waals surface area contributed by atoms with Gasteiger partial charge in [-0.2, -0.15) is 0 Å². The first-order valence-corrected chi connectivity index (χ1v) is 7.28. The summed E-state index contributed by atoms with van der Waals surface area (Å²) in [7, 11) is 0. The number of aryl methyl sites for hydroxylation is 2. The van der Waals surface area contributed by atoms with Gasteiger partial charge in [-0.15, -0.1) is 11.3 Å². The van der Waals surface area contributed by atoms with Crippen molar-refractivity contribution in [2.75, 3.05) is 11.9 Å². The van der Waals surface area contributed by atoms with Gasteiger partial charge in [0.1, 0.15) is 11.6 Å². The van der Waals surface area contributed by atoms with E-state index in [-0.39, 0.29) is 0 Å². The maximum absolute atomic E-state index is 4.64. The Kier molecular flexibility index (Phi) is 4.31. The molecule has 0 saturated carbocycles. The lowest BCUT2D eigenvalue weighted by molar-refractivity contribution is 0.836. The number of hydrogen-bond acceptors (Lipinski definition) is 4. The van der Waals surface area contributed by atoms with Crippen LogP contribution in [-0.2, 0) is 6.42 Å². The highest BCUT2D eigenvalue weighted by atomic mass is 32.1. The molecular formula is C14H19N3S. The van der Waals surface area contributed by atoms with Crippen molar-refractivity contribution in [3.63, 3.8) is 0 Å².